The van der Waals surface area contributed by atoms with Crippen LogP contribution in [0.1, 0.15) is 36.0 Å². The van der Waals surface area contributed by atoms with Gasteiger partial charge >= 0.3 is 0 Å². The minimum absolute atomic E-state index is 0.0795. The number of nitrogens with one attached hydrogen (secondary N) is 2. The summed E-state index contributed by atoms with van der Waals surface area (Å²) in [6.45, 7) is 0.755. The van der Waals surface area contributed by atoms with E-state index < -0.39 is 0 Å². The molecule has 0 aromatic heterocycles. The van der Waals surface area contributed by atoms with Gasteiger partial charge in [0.15, 0.2) is 11.5 Å². The van der Waals surface area contributed by atoms with Gasteiger partial charge in [-0.25, -0.2) is 0 Å². The maximum atomic E-state index is 12.2. The molecule has 7 heteroatoms. The Kier molecular flexibility index (Phi) is 6.73. The molecule has 2 amide bonds. The van der Waals surface area contributed by atoms with Gasteiger partial charge in [0.2, 0.25) is 5.91 Å². The van der Waals surface area contributed by atoms with Crippen LogP contribution in [0.25, 0.3) is 0 Å². The van der Waals surface area contributed by atoms with Gasteiger partial charge in [-0.05, 0) is 25.0 Å². The Hall–Kier alpha value is -1.95. The largest absolute Gasteiger partial charge is 0.493 e. The molecule has 0 atom stereocenters. The number of amides is 2. The fourth-order valence-corrected chi connectivity index (χ4v) is 3.13. The number of rotatable bonds is 7. The van der Waals surface area contributed by atoms with Crippen LogP contribution in [0.5, 0.6) is 11.5 Å². The van der Waals surface area contributed by atoms with Crippen molar-refractivity contribution in [2.45, 2.75) is 25.7 Å². The van der Waals surface area contributed by atoms with Gasteiger partial charge in [-0.15, -0.1) is 0 Å². The van der Waals surface area contributed by atoms with Gasteiger partial charge in [0.1, 0.15) is 0 Å². The molecule has 0 bridgehead atoms. The SMILES string of the molecule is COc1cc(C(=O)NCCNC(=O)C2CCCC2)cc(Cl)c1OC. The highest BCUT2D eigenvalue weighted by Crippen LogP contribution is 2.35. The van der Waals surface area contributed by atoms with E-state index in [1.54, 1.807) is 6.07 Å². The molecular formula is C17H23ClN2O4. The summed E-state index contributed by atoms with van der Waals surface area (Å²) < 4.78 is 10.3. The molecule has 132 valence electrons. The predicted octanol–water partition coefficient (Wildman–Crippen LogP) is 2.39. The first-order valence-corrected chi connectivity index (χ1v) is 8.42. The van der Waals surface area contributed by atoms with E-state index in [2.05, 4.69) is 10.6 Å². The van der Waals surface area contributed by atoms with Crippen LogP contribution >= 0.6 is 11.6 Å². The zero-order chi connectivity index (χ0) is 17.5. The van der Waals surface area contributed by atoms with Gasteiger partial charge in [0.05, 0.1) is 19.2 Å². The zero-order valence-electron chi connectivity index (χ0n) is 14.0. The number of hydrogen-bond acceptors (Lipinski definition) is 4. The lowest BCUT2D eigenvalue weighted by molar-refractivity contribution is -0.124. The van der Waals surface area contributed by atoms with E-state index in [1.807, 2.05) is 0 Å². The number of carbonyl (C=O) groups excluding carboxylic acids is 2. The minimum atomic E-state index is -0.284. The van der Waals surface area contributed by atoms with Crippen molar-refractivity contribution in [3.63, 3.8) is 0 Å². The fraction of sp³-hybridized carbons (Fsp3) is 0.529. The molecule has 2 N–H and O–H groups in total. The zero-order valence-corrected chi connectivity index (χ0v) is 14.7. The van der Waals surface area contributed by atoms with E-state index in [0.717, 1.165) is 25.7 Å². The lowest BCUT2D eigenvalue weighted by Gasteiger charge is -2.13. The Labute approximate surface area is 146 Å². The molecule has 0 saturated heterocycles. The summed E-state index contributed by atoms with van der Waals surface area (Å²) in [6, 6.07) is 3.09. The standard InChI is InChI=1S/C17H23ClN2O4/c1-23-14-10-12(9-13(18)15(14)24-2)17(22)20-8-7-19-16(21)11-5-3-4-6-11/h9-11H,3-8H2,1-2H3,(H,19,21)(H,20,22). The molecule has 1 saturated carbocycles. The quantitative estimate of drug-likeness (QED) is 0.737. The Morgan fingerprint density at radius 3 is 2.42 bits per heavy atom. The average molecular weight is 355 g/mol. The Morgan fingerprint density at radius 2 is 1.79 bits per heavy atom. The molecule has 1 aromatic rings. The van der Waals surface area contributed by atoms with E-state index in [9.17, 15) is 9.59 Å². The highest BCUT2D eigenvalue weighted by molar-refractivity contribution is 6.32. The number of hydrogen-bond donors (Lipinski definition) is 2. The van der Waals surface area contributed by atoms with Crippen molar-refractivity contribution in [1.29, 1.82) is 0 Å². The second kappa shape index (κ2) is 8.78. The Balaban J connectivity index is 1.84. The van der Waals surface area contributed by atoms with Gasteiger partial charge in [0.25, 0.3) is 5.91 Å². The van der Waals surface area contributed by atoms with Gasteiger partial charge in [-0.2, -0.15) is 0 Å². The first-order chi connectivity index (χ1) is 11.6. The number of carbonyl (C=O) groups is 2. The third kappa shape index (κ3) is 4.54. The van der Waals surface area contributed by atoms with Crippen molar-refractivity contribution in [1.82, 2.24) is 10.6 Å². The maximum Gasteiger partial charge on any atom is 0.251 e. The number of benzene rings is 1. The fourth-order valence-electron chi connectivity index (χ4n) is 2.85. The molecule has 2 rings (SSSR count). The second-order valence-corrected chi connectivity index (χ2v) is 6.13. The molecule has 0 aliphatic heterocycles. The number of halogens is 1. The molecule has 0 heterocycles. The Bertz CT molecular complexity index is 600. The molecule has 0 unspecified atom stereocenters. The van der Waals surface area contributed by atoms with Crippen LogP contribution in [0.4, 0.5) is 0 Å². The third-order valence-electron chi connectivity index (χ3n) is 4.13. The molecule has 0 spiro atoms. The van der Waals surface area contributed by atoms with Crippen LogP contribution in [0.15, 0.2) is 12.1 Å². The Morgan fingerprint density at radius 1 is 1.12 bits per heavy atom. The summed E-state index contributed by atoms with van der Waals surface area (Å²) in [4.78, 5) is 24.1. The molecule has 1 aliphatic rings. The molecule has 24 heavy (non-hydrogen) atoms. The number of methoxy groups -OCH3 is 2. The first kappa shape index (κ1) is 18.4. The lowest BCUT2D eigenvalue weighted by Crippen LogP contribution is -2.37. The lowest BCUT2D eigenvalue weighted by atomic mass is 10.1. The third-order valence-corrected chi connectivity index (χ3v) is 4.41. The van der Waals surface area contributed by atoms with Crippen LogP contribution in [-0.4, -0.2) is 39.1 Å². The summed E-state index contributed by atoms with van der Waals surface area (Å²) in [6.07, 6.45) is 4.16. The topological polar surface area (TPSA) is 76.7 Å². The van der Waals surface area contributed by atoms with Gasteiger partial charge in [-0.3, -0.25) is 9.59 Å². The van der Waals surface area contributed by atoms with Crippen molar-refractivity contribution in [3.8, 4) is 11.5 Å². The van der Waals surface area contributed by atoms with Gasteiger partial charge in [-0.1, -0.05) is 24.4 Å². The van der Waals surface area contributed by atoms with Crippen molar-refractivity contribution < 1.29 is 19.1 Å². The second-order valence-electron chi connectivity index (χ2n) is 5.72. The van der Waals surface area contributed by atoms with Crippen LogP contribution in [0.2, 0.25) is 5.02 Å². The van der Waals surface area contributed by atoms with Crippen LogP contribution in [0.3, 0.4) is 0 Å². The average Bonchev–Trinajstić information content (AvgIpc) is 3.12. The monoisotopic (exact) mass is 354 g/mol. The minimum Gasteiger partial charge on any atom is -0.493 e. The van der Waals surface area contributed by atoms with Crippen molar-refractivity contribution in [3.05, 3.63) is 22.7 Å². The van der Waals surface area contributed by atoms with E-state index in [0.29, 0.717) is 35.2 Å². The van der Waals surface area contributed by atoms with Gasteiger partial charge in [0, 0.05) is 24.6 Å². The highest BCUT2D eigenvalue weighted by atomic mass is 35.5. The summed E-state index contributed by atoms with van der Waals surface area (Å²) in [7, 11) is 2.96. The van der Waals surface area contributed by atoms with E-state index in [-0.39, 0.29) is 17.7 Å². The highest BCUT2D eigenvalue weighted by Gasteiger charge is 2.22. The van der Waals surface area contributed by atoms with E-state index in [4.69, 9.17) is 21.1 Å². The smallest absolute Gasteiger partial charge is 0.251 e. The van der Waals surface area contributed by atoms with Crippen molar-refractivity contribution in [2.24, 2.45) is 5.92 Å². The van der Waals surface area contributed by atoms with Crippen molar-refractivity contribution >= 4 is 23.4 Å². The number of ether oxygens (including phenoxy) is 2. The summed E-state index contributed by atoms with van der Waals surface area (Å²) in [5.41, 5.74) is 0.375. The molecule has 6 nitrogen and oxygen atoms in total. The predicted molar refractivity (Wildman–Crippen MR) is 91.9 cm³/mol. The summed E-state index contributed by atoms with van der Waals surface area (Å²) in [5, 5.41) is 5.91. The molecule has 1 fully saturated rings. The summed E-state index contributed by atoms with van der Waals surface area (Å²) >= 11 is 6.09. The molecular weight excluding hydrogens is 332 g/mol. The maximum absolute atomic E-state index is 12.2. The van der Waals surface area contributed by atoms with Crippen LogP contribution in [0, 0.1) is 5.92 Å². The summed E-state index contributed by atoms with van der Waals surface area (Å²) in [5.74, 6) is 0.707. The van der Waals surface area contributed by atoms with Crippen molar-refractivity contribution in [2.75, 3.05) is 27.3 Å². The van der Waals surface area contributed by atoms with E-state index in [1.165, 1.54) is 20.3 Å². The molecule has 1 aliphatic carbocycles. The normalized spacial score (nSPS) is 14.3. The molecule has 1 aromatic carbocycles. The van der Waals surface area contributed by atoms with Crippen LogP contribution in [-0.2, 0) is 4.79 Å². The first-order valence-electron chi connectivity index (χ1n) is 8.04. The van der Waals surface area contributed by atoms with Gasteiger partial charge < -0.3 is 20.1 Å². The molecule has 0 radical (unpaired) electrons. The van der Waals surface area contributed by atoms with E-state index >= 15 is 0 Å². The van der Waals surface area contributed by atoms with Crippen LogP contribution < -0.4 is 20.1 Å².